The van der Waals surface area contributed by atoms with E-state index >= 15 is 0 Å². The standard InChI is InChI=1S/C21H44N6/c1-6-22-21(24-20-8-10-27(11-9-20)18(3)4)23-16-19(5)17-26-14-12-25(7-2)13-15-26/h18-20H,6-17H2,1-5H3,(H2,22,23,24). The van der Waals surface area contributed by atoms with E-state index in [4.69, 9.17) is 4.99 Å². The molecule has 0 bridgehead atoms. The van der Waals surface area contributed by atoms with Crippen LogP contribution in [0.25, 0.3) is 0 Å². The van der Waals surface area contributed by atoms with Crippen LogP contribution in [0.15, 0.2) is 4.99 Å². The van der Waals surface area contributed by atoms with Gasteiger partial charge in [0.05, 0.1) is 0 Å². The molecule has 1 unspecified atom stereocenters. The summed E-state index contributed by atoms with van der Waals surface area (Å²) in [6, 6.07) is 1.21. The van der Waals surface area contributed by atoms with Crippen molar-refractivity contribution in [2.75, 3.05) is 65.4 Å². The van der Waals surface area contributed by atoms with Crippen molar-refractivity contribution in [1.29, 1.82) is 0 Å². The Kier molecular flexibility index (Phi) is 9.87. The Hall–Kier alpha value is -0.850. The summed E-state index contributed by atoms with van der Waals surface area (Å²) in [5.74, 6) is 1.60. The topological polar surface area (TPSA) is 46.1 Å². The Morgan fingerprint density at radius 1 is 0.963 bits per heavy atom. The van der Waals surface area contributed by atoms with E-state index in [-0.39, 0.29) is 0 Å². The molecular formula is C21H44N6. The van der Waals surface area contributed by atoms with Crippen LogP contribution >= 0.6 is 0 Å². The zero-order chi connectivity index (χ0) is 19.6. The van der Waals surface area contributed by atoms with Gasteiger partial charge in [-0.2, -0.15) is 0 Å². The fourth-order valence-electron chi connectivity index (χ4n) is 4.11. The zero-order valence-corrected chi connectivity index (χ0v) is 18.5. The second-order valence-corrected chi connectivity index (χ2v) is 8.61. The Morgan fingerprint density at radius 3 is 2.15 bits per heavy atom. The van der Waals surface area contributed by atoms with Crippen molar-refractivity contribution in [3.8, 4) is 0 Å². The first-order valence-electron chi connectivity index (χ1n) is 11.2. The molecule has 2 rings (SSSR count). The Bertz CT molecular complexity index is 422. The first kappa shape index (κ1) is 22.4. The van der Waals surface area contributed by atoms with Crippen LogP contribution in [0.2, 0.25) is 0 Å². The molecule has 1 atom stereocenters. The van der Waals surface area contributed by atoms with Crippen molar-refractivity contribution in [3.05, 3.63) is 0 Å². The summed E-state index contributed by atoms with van der Waals surface area (Å²) in [6.07, 6.45) is 2.42. The molecule has 0 spiro atoms. The summed E-state index contributed by atoms with van der Waals surface area (Å²) in [5.41, 5.74) is 0. The molecule has 0 aromatic heterocycles. The molecule has 0 saturated carbocycles. The van der Waals surface area contributed by atoms with E-state index in [1.165, 1.54) is 58.7 Å². The van der Waals surface area contributed by atoms with E-state index in [1.807, 2.05) is 0 Å². The first-order chi connectivity index (χ1) is 13.0. The number of piperidine rings is 1. The average Bonchev–Trinajstić information content (AvgIpc) is 2.67. The molecule has 2 saturated heterocycles. The minimum atomic E-state index is 0.551. The highest BCUT2D eigenvalue weighted by atomic mass is 15.3. The maximum absolute atomic E-state index is 4.90. The Morgan fingerprint density at radius 2 is 1.59 bits per heavy atom. The van der Waals surface area contributed by atoms with Gasteiger partial charge in [-0.3, -0.25) is 4.99 Å². The predicted molar refractivity (Wildman–Crippen MR) is 117 cm³/mol. The molecule has 2 heterocycles. The van der Waals surface area contributed by atoms with Crippen LogP contribution in [0.5, 0.6) is 0 Å². The number of guanidine groups is 1. The number of rotatable bonds is 8. The molecule has 2 aliphatic heterocycles. The molecular weight excluding hydrogens is 336 g/mol. The lowest BCUT2D eigenvalue weighted by atomic mass is 10.0. The van der Waals surface area contributed by atoms with Gasteiger partial charge in [0.2, 0.25) is 0 Å². The number of likely N-dealkylation sites (tertiary alicyclic amines) is 1. The normalized spacial score (nSPS) is 23.0. The summed E-state index contributed by atoms with van der Waals surface area (Å²) < 4.78 is 0. The lowest BCUT2D eigenvalue weighted by Crippen LogP contribution is -2.50. The summed E-state index contributed by atoms with van der Waals surface area (Å²) >= 11 is 0. The van der Waals surface area contributed by atoms with E-state index in [0.29, 0.717) is 18.0 Å². The van der Waals surface area contributed by atoms with E-state index in [2.05, 4.69) is 60.0 Å². The van der Waals surface area contributed by atoms with Crippen LogP contribution < -0.4 is 10.6 Å². The smallest absolute Gasteiger partial charge is 0.191 e. The highest BCUT2D eigenvalue weighted by Gasteiger charge is 2.21. The number of hydrogen-bond acceptors (Lipinski definition) is 4. The van der Waals surface area contributed by atoms with Crippen LogP contribution in [-0.2, 0) is 0 Å². The van der Waals surface area contributed by atoms with Gasteiger partial charge in [-0.05, 0) is 46.1 Å². The number of piperazine rings is 1. The van der Waals surface area contributed by atoms with Gasteiger partial charge in [0.1, 0.15) is 0 Å². The maximum atomic E-state index is 4.90. The fourth-order valence-corrected chi connectivity index (χ4v) is 4.11. The van der Waals surface area contributed by atoms with Crippen LogP contribution in [0, 0.1) is 5.92 Å². The second kappa shape index (κ2) is 11.9. The van der Waals surface area contributed by atoms with Gasteiger partial charge < -0.3 is 25.3 Å². The largest absolute Gasteiger partial charge is 0.357 e. The van der Waals surface area contributed by atoms with Gasteiger partial charge in [0.25, 0.3) is 0 Å². The highest BCUT2D eigenvalue weighted by Crippen LogP contribution is 2.13. The van der Waals surface area contributed by atoms with E-state index < -0.39 is 0 Å². The van der Waals surface area contributed by atoms with Crippen LogP contribution in [0.3, 0.4) is 0 Å². The van der Waals surface area contributed by atoms with Crippen LogP contribution in [0.4, 0.5) is 0 Å². The zero-order valence-electron chi connectivity index (χ0n) is 18.5. The summed E-state index contributed by atoms with van der Waals surface area (Å²) in [5, 5.41) is 7.12. The molecule has 2 fully saturated rings. The number of likely N-dealkylation sites (N-methyl/N-ethyl adjacent to an activating group) is 1. The molecule has 6 heteroatoms. The summed E-state index contributed by atoms with van der Waals surface area (Å²) in [7, 11) is 0. The molecule has 6 nitrogen and oxygen atoms in total. The summed E-state index contributed by atoms with van der Waals surface area (Å²) in [6.45, 7) is 22.7. The molecule has 0 radical (unpaired) electrons. The first-order valence-corrected chi connectivity index (χ1v) is 11.2. The predicted octanol–water partition coefficient (Wildman–Crippen LogP) is 1.69. The van der Waals surface area contributed by atoms with Crippen LogP contribution in [0.1, 0.15) is 47.5 Å². The molecule has 0 aromatic rings. The van der Waals surface area contributed by atoms with Crippen molar-refractivity contribution in [2.24, 2.45) is 10.9 Å². The van der Waals surface area contributed by atoms with Crippen molar-refractivity contribution in [1.82, 2.24) is 25.3 Å². The second-order valence-electron chi connectivity index (χ2n) is 8.61. The Labute approximate surface area is 167 Å². The summed E-state index contributed by atoms with van der Waals surface area (Å²) in [4.78, 5) is 12.6. The van der Waals surface area contributed by atoms with Crippen molar-refractivity contribution in [3.63, 3.8) is 0 Å². The molecule has 2 aliphatic rings. The number of aliphatic imine (C=N–C) groups is 1. The number of hydrogen-bond donors (Lipinski definition) is 2. The van der Waals surface area contributed by atoms with Gasteiger partial charge >= 0.3 is 0 Å². The molecule has 0 aliphatic carbocycles. The van der Waals surface area contributed by atoms with Gasteiger partial charge in [0.15, 0.2) is 5.96 Å². The van der Waals surface area contributed by atoms with Gasteiger partial charge in [-0.15, -0.1) is 0 Å². The van der Waals surface area contributed by atoms with Gasteiger partial charge in [-0.1, -0.05) is 13.8 Å². The lowest BCUT2D eigenvalue weighted by molar-refractivity contribution is 0.125. The maximum Gasteiger partial charge on any atom is 0.191 e. The lowest BCUT2D eigenvalue weighted by Gasteiger charge is -2.35. The minimum Gasteiger partial charge on any atom is -0.357 e. The molecule has 2 N–H and O–H groups in total. The number of nitrogens with one attached hydrogen (secondary N) is 2. The molecule has 0 amide bonds. The van der Waals surface area contributed by atoms with E-state index in [0.717, 1.165) is 25.6 Å². The quantitative estimate of drug-likeness (QED) is 0.496. The highest BCUT2D eigenvalue weighted by molar-refractivity contribution is 5.80. The SMILES string of the molecule is CCNC(=NCC(C)CN1CCN(CC)CC1)NC1CCN(C(C)C)CC1. The third-order valence-corrected chi connectivity index (χ3v) is 5.99. The Balaban J connectivity index is 1.74. The van der Waals surface area contributed by atoms with Crippen molar-refractivity contribution in [2.45, 2.75) is 59.5 Å². The van der Waals surface area contributed by atoms with Crippen molar-refractivity contribution >= 4 is 5.96 Å². The minimum absolute atomic E-state index is 0.551. The molecule has 158 valence electrons. The van der Waals surface area contributed by atoms with Gasteiger partial charge in [0, 0.05) is 71.0 Å². The third-order valence-electron chi connectivity index (χ3n) is 5.99. The molecule has 0 aromatic carbocycles. The molecule has 27 heavy (non-hydrogen) atoms. The van der Waals surface area contributed by atoms with Crippen LogP contribution in [-0.4, -0.2) is 98.2 Å². The van der Waals surface area contributed by atoms with E-state index in [1.54, 1.807) is 0 Å². The fraction of sp³-hybridized carbons (Fsp3) is 0.952. The van der Waals surface area contributed by atoms with E-state index in [9.17, 15) is 0 Å². The number of nitrogens with zero attached hydrogens (tertiary/aromatic N) is 4. The average molecular weight is 381 g/mol. The third kappa shape index (κ3) is 7.96. The monoisotopic (exact) mass is 380 g/mol. The van der Waals surface area contributed by atoms with Crippen molar-refractivity contribution < 1.29 is 0 Å². The van der Waals surface area contributed by atoms with Gasteiger partial charge in [-0.25, -0.2) is 0 Å².